The molecule has 3 rings (SSSR count). The minimum absolute atomic E-state index is 0.0200. The maximum Gasteiger partial charge on any atom is 0.253 e. The number of carbonyl (C=O) groups excluding carboxylic acids is 2. The number of hydrogen-bond donors (Lipinski definition) is 1. The van der Waals surface area contributed by atoms with Gasteiger partial charge < -0.3 is 10.2 Å². The van der Waals surface area contributed by atoms with Gasteiger partial charge in [-0.15, -0.1) is 0 Å². The lowest BCUT2D eigenvalue weighted by atomic mass is 9.95. The average molecular weight is 350 g/mol. The number of nitrogens with one attached hydrogen (secondary N) is 1. The zero-order valence-electron chi connectivity index (χ0n) is 15.1. The number of benzene rings is 2. The first kappa shape index (κ1) is 18.2. The Hall–Kier alpha value is -2.62. The van der Waals surface area contributed by atoms with Gasteiger partial charge in [-0.05, 0) is 43.4 Å². The molecule has 1 aliphatic heterocycles. The van der Waals surface area contributed by atoms with E-state index in [-0.39, 0.29) is 17.7 Å². The Morgan fingerprint density at radius 1 is 0.923 bits per heavy atom. The molecule has 2 aromatic rings. The van der Waals surface area contributed by atoms with E-state index in [9.17, 15) is 9.59 Å². The summed E-state index contributed by atoms with van der Waals surface area (Å²) in [6, 6.07) is 19.7. The molecule has 0 aliphatic carbocycles. The standard InChI is InChI=1S/C22H26N2O2/c25-21(23-15-7-10-18-8-3-1-4-9-18)19-13-16-24(17-14-19)22(26)20-11-5-2-6-12-20/h1-6,8-9,11-12,19H,7,10,13-17H2,(H,23,25). The Balaban J connectivity index is 1.37. The van der Waals surface area contributed by atoms with E-state index in [2.05, 4.69) is 17.4 Å². The van der Waals surface area contributed by atoms with E-state index in [0.29, 0.717) is 19.6 Å². The van der Waals surface area contributed by atoms with Crippen LogP contribution in [0.3, 0.4) is 0 Å². The van der Waals surface area contributed by atoms with Gasteiger partial charge in [0.05, 0.1) is 0 Å². The molecule has 1 N–H and O–H groups in total. The highest BCUT2D eigenvalue weighted by Crippen LogP contribution is 2.19. The highest BCUT2D eigenvalue weighted by molar-refractivity contribution is 5.94. The summed E-state index contributed by atoms with van der Waals surface area (Å²) in [6.45, 7) is 2.00. The summed E-state index contributed by atoms with van der Waals surface area (Å²) < 4.78 is 0. The van der Waals surface area contributed by atoms with Crippen LogP contribution in [0.15, 0.2) is 60.7 Å². The van der Waals surface area contributed by atoms with Crippen molar-refractivity contribution in [1.29, 1.82) is 0 Å². The predicted molar refractivity (Wildman–Crippen MR) is 103 cm³/mol. The van der Waals surface area contributed by atoms with Crippen LogP contribution >= 0.6 is 0 Å². The van der Waals surface area contributed by atoms with Crippen LogP contribution in [0.1, 0.15) is 35.2 Å². The van der Waals surface area contributed by atoms with Crippen molar-refractivity contribution in [3.8, 4) is 0 Å². The largest absolute Gasteiger partial charge is 0.356 e. The minimum Gasteiger partial charge on any atom is -0.356 e. The first-order valence-electron chi connectivity index (χ1n) is 9.40. The monoisotopic (exact) mass is 350 g/mol. The third kappa shape index (κ3) is 4.94. The van der Waals surface area contributed by atoms with Gasteiger partial charge in [0, 0.05) is 31.1 Å². The predicted octanol–water partition coefficient (Wildman–Crippen LogP) is 3.29. The van der Waals surface area contributed by atoms with Gasteiger partial charge in [-0.1, -0.05) is 48.5 Å². The maximum absolute atomic E-state index is 12.4. The molecule has 4 heteroatoms. The van der Waals surface area contributed by atoms with E-state index >= 15 is 0 Å². The van der Waals surface area contributed by atoms with Crippen molar-refractivity contribution in [2.75, 3.05) is 19.6 Å². The summed E-state index contributed by atoms with van der Waals surface area (Å²) in [5, 5.41) is 3.06. The van der Waals surface area contributed by atoms with Crippen molar-refractivity contribution in [3.05, 3.63) is 71.8 Å². The molecule has 0 aromatic heterocycles. The lowest BCUT2D eigenvalue weighted by Gasteiger charge is -2.31. The number of nitrogens with zero attached hydrogens (tertiary/aromatic N) is 1. The molecule has 4 nitrogen and oxygen atoms in total. The summed E-state index contributed by atoms with van der Waals surface area (Å²) in [5.74, 6) is 0.212. The van der Waals surface area contributed by atoms with E-state index in [1.54, 1.807) is 0 Å². The fourth-order valence-electron chi connectivity index (χ4n) is 3.40. The Bertz CT molecular complexity index is 707. The fourth-order valence-corrected chi connectivity index (χ4v) is 3.40. The van der Waals surface area contributed by atoms with Gasteiger partial charge in [0.15, 0.2) is 0 Å². The zero-order chi connectivity index (χ0) is 18.2. The zero-order valence-corrected chi connectivity index (χ0v) is 15.1. The summed E-state index contributed by atoms with van der Waals surface area (Å²) in [5.41, 5.74) is 2.02. The molecule has 0 saturated carbocycles. The normalized spacial score (nSPS) is 14.8. The molecule has 2 amide bonds. The second kappa shape index (κ2) is 9.18. The summed E-state index contributed by atoms with van der Waals surface area (Å²) in [7, 11) is 0. The molecule has 2 aromatic carbocycles. The van der Waals surface area contributed by atoms with E-state index in [1.807, 2.05) is 53.4 Å². The van der Waals surface area contributed by atoms with Crippen LogP contribution in [0.4, 0.5) is 0 Å². The molecule has 136 valence electrons. The lowest BCUT2D eigenvalue weighted by molar-refractivity contribution is -0.126. The van der Waals surface area contributed by atoms with Crippen LogP contribution in [0.2, 0.25) is 0 Å². The van der Waals surface area contributed by atoms with Crippen molar-refractivity contribution in [1.82, 2.24) is 10.2 Å². The van der Waals surface area contributed by atoms with Crippen LogP contribution < -0.4 is 5.32 Å². The van der Waals surface area contributed by atoms with Crippen LogP contribution in [0.5, 0.6) is 0 Å². The molecule has 0 unspecified atom stereocenters. The number of piperidine rings is 1. The Kier molecular flexibility index (Phi) is 6.42. The number of carbonyl (C=O) groups is 2. The average Bonchev–Trinajstić information content (AvgIpc) is 2.72. The topological polar surface area (TPSA) is 49.4 Å². The molecule has 0 radical (unpaired) electrons. The van der Waals surface area contributed by atoms with Crippen LogP contribution in [-0.4, -0.2) is 36.3 Å². The summed E-state index contributed by atoms with van der Waals surface area (Å²) >= 11 is 0. The Morgan fingerprint density at radius 2 is 1.54 bits per heavy atom. The first-order valence-corrected chi connectivity index (χ1v) is 9.40. The van der Waals surface area contributed by atoms with Gasteiger partial charge in [0.2, 0.25) is 5.91 Å². The van der Waals surface area contributed by atoms with Crippen molar-refractivity contribution < 1.29 is 9.59 Å². The fraction of sp³-hybridized carbons (Fsp3) is 0.364. The molecule has 1 fully saturated rings. The summed E-state index contributed by atoms with van der Waals surface area (Å²) in [6.07, 6.45) is 3.40. The van der Waals surface area contributed by atoms with Gasteiger partial charge in [-0.25, -0.2) is 0 Å². The van der Waals surface area contributed by atoms with Crippen LogP contribution in [0, 0.1) is 5.92 Å². The third-order valence-corrected chi connectivity index (χ3v) is 4.96. The first-order chi connectivity index (χ1) is 12.7. The van der Waals surface area contributed by atoms with Gasteiger partial charge >= 0.3 is 0 Å². The van der Waals surface area contributed by atoms with Crippen molar-refractivity contribution in [2.45, 2.75) is 25.7 Å². The minimum atomic E-state index is 0.0200. The second-order valence-corrected chi connectivity index (χ2v) is 6.81. The highest BCUT2D eigenvalue weighted by Gasteiger charge is 2.27. The smallest absolute Gasteiger partial charge is 0.253 e. The highest BCUT2D eigenvalue weighted by atomic mass is 16.2. The molecule has 0 bridgehead atoms. The van der Waals surface area contributed by atoms with Gasteiger partial charge in [0.25, 0.3) is 5.91 Å². The van der Waals surface area contributed by atoms with Gasteiger partial charge in [-0.3, -0.25) is 9.59 Å². The molecule has 1 saturated heterocycles. The van der Waals surface area contributed by atoms with Crippen LogP contribution in [-0.2, 0) is 11.2 Å². The van der Waals surface area contributed by atoms with Crippen molar-refractivity contribution in [2.24, 2.45) is 5.92 Å². The van der Waals surface area contributed by atoms with Crippen molar-refractivity contribution >= 4 is 11.8 Å². The molecular formula is C22H26N2O2. The molecular weight excluding hydrogens is 324 g/mol. The molecule has 1 aliphatic rings. The van der Waals surface area contributed by atoms with E-state index in [1.165, 1.54) is 5.56 Å². The van der Waals surface area contributed by atoms with Gasteiger partial charge in [-0.2, -0.15) is 0 Å². The van der Waals surface area contributed by atoms with Gasteiger partial charge in [0.1, 0.15) is 0 Å². The van der Waals surface area contributed by atoms with E-state index in [0.717, 1.165) is 31.2 Å². The third-order valence-electron chi connectivity index (χ3n) is 4.96. The number of likely N-dealkylation sites (tertiary alicyclic amines) is 1. The van der Waals surface area contributed by atoms with Crippen LogP contribution in [0.25, 0.3) is 0 Å². The van der Waals surface area contributed by atoms with Crippen molar-refractivity contribution in [3.63, 3.8) is 0 Å². The molecule has 26 heavy (non-hydrogen) atoms. The quantitative estimate of drug-likeness (QED) is 0.813. The molecule has 0 spiro atoms. The Morgan fingerprint density at radius 3 is 2.19 bits per heavy atom. The second-order valence-electron chi connectivity index (χ2n) is 6.81. The number of aryl methyl sites for hydroxylation is 1. The maximum atomic E-state index is 12.4. The Labute approximate surface area is 155 Å². The number of rotatable bonds is 6. The summed E-state index contributed by atoms with van der Waals surface area (Å²) in [4.78, 5) is 26.6. The number of amides is 2. The molecule has 1 heterocycles. The van der Waals surface area contributed by atoms with E-state index in [4.69, 9.17) is 0 Å². The van der Waals surface area contributed by atoms with E-state index < -0.39 is 0 Å². The lowest BCUT2D eigenvalue weighted by Crippen LogP contribution is -2.43. The SMILES string of the molecule is O=C(NCCCc1ccccc1)C1CCN(C(=O)c2ccccc2)CC1. The molecule has 0 atom stereocenters. The number of hydrogen-bond acceptors (Lipinski definition) is 2.